The zero-order valence-electron chi connectivity index (χ0n) is 47.7. The van der Waals surface area contributed by atoms with Gasteiger partial charge in [0, 0.05) is 44.9 Å². The summed E-state index contributed by atoms with van der Waals surface area (Å²) in [5.41, 5.74) is -1.35. The molecule has 0 saturated heterocycles. The highest BCUT2D eigenvalue weighted by Gasteiger charge is 2.38. The summed E-state index contributed by atoms with van der Waals surface area (Å²) in [6, 6.07) is 0. The van der Waals surface area contributed by atoms with Crippen LogP contribution in [0.5, 0.6) is 0 Å². The zero-order chi connectivity index (χ0) is 54.6. The smallest absolute Gasteiger partial charge is 0.305 e. The second kappa shape index (κ2) is 51.4. The van der Waals surface area contributed by atoms with Crippen LogP contribution in [0.4, 0.5) is 0 Å². The molecule has 0 aromatic heterocycles. The fraction of sp³-hybridized carbons (Fsp3) is 0.881. The summed E-state index contributed by atoms with van der Waals surface area (Å²) in [6.07, 6.45) is 30.0. The lowest BCUT2D eigenvalue weighted by Crippen LogP contribution is -2.44. The molecule has 0 aliphatic carbocycles. The van der Waals surface area contributed by atoms with E-state index < -0.39 is 29.3 Å². The highest BCUT2D eigenvalue weighted by Crippen LogP contribution is 2.24. The van der Waals surface area contributed by atoms with Gasteiger partial charge < -0.3 is 38.1 Å². The first-order valence-corrected chi connectivity index (χ1v) is 29.6. The minimum absolute atomic E-state index is 0.140. The summed E-state index contributed by atoms with van der Waals surface area (Å²) in [4.78, 5) is 90.7. The summed E-state index contributed by atoms with van der Waals surface area (Å²) >= 11 is 0. The molecule has 74 heavy (non-hydrogen) atoms. The van der Waals surface area contributed by atoms with Gasteiger partial charge in [0.05, 0.1) is 19.8 Å². The minimum Gasteiger partial charge on any atom is -0.466 e. The minimum atomic E-state index is -1.35. The molecule has 0 aromatic rings. The van der Waals surface area contributed by atoms with Crippen LogP contribution < -0.4 is 0 Å². The second-order valence-corrected chi connectivity index (χ2v) is 20.8. The van der Waals surface area contributed by atoms with Gasteiger partial charge in [-0.05, 0) is 84.8 Å². The van der Waals surface area contributed by atoms with Gasteiger partial charge in [0.1, 0.15) is 31.8 Å². The first kappa shape index (κ1) is 70.2. The predicted molar refractivity (Wildman–Crippen MR) is 290 cm³/mol. The van der Waals surface area contributed by atoms with Crippen molar-refractivity contribution in [3.8, 4) is 0 Å². The first-order chi connectivity index (χ1) is 35.9. The number of unbranched alkanes of at least 4 members (excludes halogenated alkanes) is 24. The SMILES string of the molecule is CCCCCCCOC(=O)CCCCCCCC(=O)OCC(COC(=O)CCCCCCCC(=O)OCCCCCCC)(COC(=O)CCCCCCCC(=O)OCCCCCCC)COC(=O)CCCN(C)C. The Morgan fingerprint density at radius 3 is 0.716 bits per heavy atom. The van der Waals surface area contributed by atoms with E-state index in [0.29, 0.717) is 71.3 Å². The molecule has 0 aromatic carbocycles. The zero-order valence-corrected chi connectivity index (χ0v) is 47.7. The van der Waals surface area contributed by atoms with Crippen molar-refractivity contribution in [1.29, 1.82) is 0 Å². The molecular weight excluding hydrogens is 947 g/mol. The molecule has 0 unspecified atom stereocenters. The van der Waals surface area contributed by atoms with Crippen LogP contribution in [0.25, 0.3) is 0 Å². The van der Waals surface area contributed by atoms with Gasteiger partial charge in [0.2, 0.25) is 0 Å². The van der Waals surface area contributed by atoms with Crippen molar-refractivity contribution in [2.45, 2.75) is 265 Å². The number of carbonyl (C=O) groups excluding carboxylic acids is 7. The Bertz CT molecular complexity index is 1280. The lowest BCUT2D eigenvalue weighted by Gasteiger charge is -2.31. The molecule has 15 heteroatoms. The maximum Gasteiger partial charge on any atom is 0.305 e. The van der Waals surface area contributed by atoms with E-state index in [9.17, 15) is 33.6 Å². The number of carbonyl (C=O) groups is 7. The molecule has 0 heterocycles. The van der Waals surface area contributed by atoms with Gasteiger partial charge in [-0.2, -0.15) is 0 Å². The molecule has 0 atom stereocenters. The average Bonchev–Trinajstić information content (AvgIpc) is 3.37. The van der Waals surface area contributed by atoms with Crippen LogP contribution in [-0.2, 0) is 66.7 Å². The highest BCUT2D eigenvalue weighted by atomic mass is 16.6. The van der Waals surface area contributed by atoms with Crippen molar-refractivity contribution in [2.75, 3.05) is 66.9 Å². The van der Waals surface area contributed by atoms with Crippen LogP contribution in [0.15, 0.2) is 0 Å². The topological polar surface area (TPSA) is 187 Å². The Balaban J connectivity index is 5.37. The lowest BCUT2D eigenvalue weighted by atomic mass is 9.92. The van der Waals surface area contributed by atoms with Gasteiger partial charge in [-0.25, -0.2) is 0 Å². The first-order valence-electron chi connectivity index (χ1n) is 29.6. The Kier molecular flexibility index (Phi) is 48.8. The normalized spacial score (nSPS) is 11.3. The molecular formula is C59H107NO14. The van der Waals surface area contributed by atoms with Gasteiger partial charge >= 0.3 is 41.8 Å². The molecule has 0 bridgehead atoms. The second-order valence-electron chi connectivity index (χ2n) is 20.8. The van der Waals surface area contributed by atoms with E-state index in [2.05, 4.69) is 20.8 Å². The van der Waals surface area contributed by atoms with Crippen LogP contribution in [0.2, 0.25) is 0 Å². The van der Waals surface area contributed by atoms with Crippen molar-refractivity contribution < 1.29 is 66.7 Å². The number of hydrogen-bond donors (Lipinski definition) is 0. The standard InChI is InChI=1S/C59H107NO14/c1-6-9-12-24-33-45-68-52(61)37-27-18-15-21-30-40-55(64)71-48-59(51-74-58(67)43-36-44-60(4)5,49-72-56(65)41-31-22-16-19-28-38-53(62)69-46-34-25-13-10-7-2)50-73-57(66)42-32-23-17-20-29-39-54(63)70-47-35-26-14-11-8-3/h6-51H2,1-5H3. The molecule has 0 saturated carbocycles. The predicted octanol–water partition coefficient (Wildman–Crippen LogP) is 13.2. The molecule has 0 rings (SSSR count). The van der Waals surface area contributed by atoms with Crippen molar-refractivity contribution in [3.63, 3.8) is 0 Å². The molecule has 432 valence electrons. The Morgan fingerprint density at radius 1 is 0.270 bits per heavy atom. The molecule has 0 aliphatic heterocycles. The molecule has 0 fully saturated rings. The maximum absolute atomic E-state index is 13.2. The third-order valence-corrected chi connectivity index (χ3v) is 13.0. The van der Waals surface area contributed by atoms with E-state index in [-0.39, 0.29) is 70.0 Å². The molecule has 0 radical (unpaired) electrons. The maximum atomic E-state index is 13.2. The summed E-state index contributed by atoms with van der Waals surface area (Å²) in [7, 11) is 3.83. The molecule has 0 spiro atoms. The van der Waals surface area contributed by atoms with Crippen molar-refractivity contribution in [3.05, 3.63) is 0 Å². The molecule has 0 aliphatic rings. The van der Waals surface area contributed by atoms with Crippen LogP contribution in [-0.4, -0.2) is 114 Å². The largest absolute Gasteiger partial charge is 0.466 e. The monoisotopic (exact) mass is 1050 g/mol. The van der Waals surface area contributed by atoms with Crippen LogP contribution >= 0.6 is 0 Å². The van der Waals surface area contributed by atoms with E-state index in [0.717, 1.165) is 135 Å². The summed E-state index contributed by atoms with van der Waals surface area (Å²) in [5.74, 6) is -2.39. The Morgan fingerprint density at radius 2 is 0.473 bits per heavy atom. The Hall–Kier alpha value is -3.75. The quantitative estimate of drug-likeness (QED) is 0.0318. The number of esters is 7. The fourth-order valence-corrected chi connectivity index (χ4v) is 8.11. The van der Waals surface area contributed by atoms with Gasteiger partial charge in [-0.1, -0.05) is 156 Å². The van der Waals surface area contributed by atoms with Gasteiger partial charge in [0.15, 0.2) is 0 Å². The van der Waals surface area contributed by atoms with E-state index in [1.54, 1.807) is 0 Å². The van der Waals surface area contributed by atoms with Gasteiger partial charge in [0.25, 0.3) is 0 Å². The van der Waals surface area contributed by atoms with Crippen molar-refractivity contribution in [2.24, 2.45) is 5.41 Å². The summed E-state index contributed by atoms with van der Waals surface area (Å²) < 4.78 is 39.2. The van der Waals surface area contributed by atoms with Crippen LogP contribution in [0, 0.1) is 5.41 Å². The molecule has 15 nitrogen and oxygen atoms in total. The van der Waals surface area contributed by atoms with Gasteiger partial charge in [-0.3, -0.25) is 33.6 Å². The van der Waals surface area contributed by atoms with Crippen molar-refractivity contribution >= 4 is 41.8 Å². The average molecular weight is 1050 g/mol. The fourth-order valence-electron chi connectivity index (χ4n) is 8.11. The van der Waals surface area contributed by atoms with Crippen LogP contribution in [0.1, 0.15) is 265 Å². The van der Waals surface area contributed by atoms with E-state index >= 15 is 0 Å². The lowest BCUT2D eigenvalue weighted by molar-refractivity contribution is -0.171. The summed E-state index contributed by atoms with van der Waals surface area (Å²) in [6.45, 7) is 7.38. The summed E-state index contributed by atoms with van der Waals surface area (Å²) in [5, 5.41) is 0. The van der Waals surface area contributed by atoms with Gasteiger partial charge in [-0.15, -0.1) is 0 Å². The molecule has 0 amide bonds. The third-order valence-electron chi connectivity index (χ3n) is 13.0. The number of ether oxygens (including phenoxy) is 7. The Labute approximate surface area is 449 Å². The molecule has 0 N–H and O–H groups in total. The highest BCUT2D eigenvalue weighted by molar-refractivity contribution is 5.72. The van der Waals surface area contributed by atoms with Crippen LogP contribution in [0.3, 0.4) is 0 Å². The number of nitrogens with zero attached hydrogens (tertiary/aromatic N) is 1. The van der Waals surface area contributed by atoms with E-state index in [1.807, 2.05) is 19.0 Å². The van der Waals surface area contributed by atoms with Crippen molar-refractivity contribution in [1.82, 2.24) is 4.90 Å². The van der Waals surface area contributed by atoms with E-state index in [1.165, 1.54) is 38.5 Å². The third kappa shape index (κ3) is 47.9. The van der Waals surface area contributed by atoms with E-state index in [4.69, 9.17) is 33.2 Å². The number of hydrogen-bond acceptors (Lipinski definition) is 15. The number of rotatable bonds is 54.